The van der Waals surface area contributed by atoms with Crippen LogP contribution in [-0.4, -0.2) is 23.2 Å². The predicted molar refractivity (Wildman–Crippen MR) is 89.0 cm³/mol. The average Bonchev–Trinajstić information content (AvgIpc) is 2.52. The highest BCUT2D eigenvalue weighted by Gasteiger charge is 2.12. The third-order valence-corrected chi connectivity index (χ3v) is 4.28. The van der Waals surface area contributed by atoms with Gasteiger partial charge in [-0.25, -0.2) is 9.97 Å². The summed E-state index contributed by atoms with van der Waals surface area (Å²) < 4.78 is 10.7. The first-order chi connectivity index (χ1) is 10.7. The van der Waals surface area contributed by atoms with E-state index in [2.05, 4.69) is 16.0 Å². The van der Waals surface area contributed by atoms with Crippen molar-refractivity contribution < 1.29 is 9.47 Å². The van der Waals surface area contributed by atoms with Gasteiger partial charge in [-0.1, -0.05) is 17.7 Å². The largest absolute Gasteiger partial charge is 0.347 e. The minimum Gasteiger partial charge on any atom is -0.347 e. The van der Waals surface area contributed by atoms with E-state index in [1.807, 2.05) is 37.7 Å². The van der Waals surface area contributed by atoms with Gasteiger partial charge >= 0.3 is 0 Å². The highest BCUT2D eigenvalue weighted by atomic mass is 35.5. The fraction of sp³-hybridized carbons (Fsp3) is 0.375. The lowest BCUT2D eigenvalue weighted by Gasteiger charge is -2.16. The Hall–Kier alpha value is -1.14. The first-order valence-electron chi connectivity index (χ1n) is 7.15. The van der Waals surface area contributed by atoms with Crippen LogP contribution in [-0.2, 0) is 15.2 Å². The molecule has 22 heavy (non-hydrogen) atoms. The van der Waals surface area contributed by atoms with Crippen molar-refractivity contribution in [3.05, 3.63) is 53.1 Å². The molecule has 1 aliphatic rings. The van der Waals surface area contributed by atoms with E-state index in [1.165, 1.54) is 16.8 Å². The van der Waals surface area contributed by atoms with Gasteiger partial charge in [-0.15, -0.1) is 11.8 Å². The minimum absolute atomic E-state index is 0.363. The summed E-state index contributed by atoms with van der Waals surface area (Å²) in [6.07, 6.45) is 2.80. The van der Waals surface area contributed by atoms with Crippen LogP contribution in [0.1, 0.15) is 31.4 Å². The van der Waals surface area contributed by atoms with E-state index in [0.29, 0.717) is 13.2 Å². The molecule has 3 rings (SSSR count). The smallest absolute Gasteiger partial charge is 0.201 e. The third kappa shape index (κ3) is 4.95. The van der Waals surface area contributed by atoms with Crippen molar-refractivity contribution in [1.82, 2.24) is 9.97 Å². The number of aromatic nitrogens is 2. The van der Waals surface area contributed by atoms with E-state index in [0.717, 1.165) is 16.5 Å². The minimum atomic E-state index is -0.363. The lowest BCUT2D eigenvalue weighted by molar-refractivity contribution is -0.142. The van der Waals surface area contributed by atoms with Crippen molar-refractivity contribution in [3.63, 3.8) is 0 Å². The van der Waals surface area contributed by atoms with Gasteiger partial charge in [0.05, 0.1) is 5.69 Å². The fourth-order valence-corrected chi connectivity index (χ4v) is 2.91. The summed E-state index contributed by atoms with van der Waals surface area (Å²) in [5.74, 6) is 1.16. The van der Waals surface area contributed by atoms with Crippen molar-refractivity contribution in [2.24, 2.45) is 0 Å². The molecule has 1 aromatic heterocycles. The third-order valence-electron chi connectivity index (χ3n) is 2.89. The first kappa shape index (κ1) is 17.2. The van der Waals surface area contributed by atoms with Crippen molar-refractivity contribution in [2.45, 2.75) is 30.8 Å². The molecule has 0 aliphatic carbocycles. The van der Waals surface area contributed by atoms with Gasteiger partial charge in [-0.2, -0.15) is 0 Å². The van der Waals surface area contributed by atoms with Crippen LogP contribution in [0.15, 0.2) is 41.7 Å². The number of rotatable bonds is 5. The first-order valence-corrected chi connectivity index (χ1v) is 8.51. The van der Waals surface area contributed by atoms with Gasteiger partial charge in [0.25, 0.3) is 0 Å². The van der Waals surface area contributed by atoms with Crippen LogP contribution in [0.5, 0.6) is 0 Å². The molecule has 0 fully saturated rings. The van der Waals surface area contributed by atoms with Gasteiger partial charge in [0.2, 0.25) is 6.29 Å². The quantitative estimate of drug-likeness (QED) is 0.751. The maximum atomic E-state index is 5.74. The van der Waals surface area contributed by atoms with Crippen LogP contribution in [0, 0.1) is 0 Å². The summed E-state index contributed by atoms with van der Waals surface area (Å²) in [5, 5.41) is 0.848. The lowest BCUT2D eigenvalue weighted by atomic mass is 10.2. The Morgan fingerprint density at radius 1 is 1.23 bits per heavy atom. The molecular formula is C16H19ClN2O2S. The Kier molecular flexibility index (Phi) is 7.12. The summed E-state index contributed by atoms with van der Waals surface area (Å²) in [6.45, 7) is 5.06. The maximum absolute atomic E-state index is 5.74. The molecule has 0 amide bonds. The van der Waals surface area contributed by atoms with Crippen LogP contribution >= 0.6 is 23.4 Å². The van der Waals surface area contributed by atoms with Crippen LogP contribution in [0.25, 0.3) is 0 Å². The molecule has 1 aromatic carbocycles. The van der Waals surface area contributed by atoms with E-state index >= 15 is 0 Å². The molecule has 0 unspecified atom stereocenters. The molecule has 0 atom stereocenters. The number of thioether (sulfide) groups is 1. The van der Waals surface area contributed by atoms with Crippen molar-refractivity contribution >= 4 is 23.4 Å². The van der Waals surface area contributed by atoms with Crippen LogP contribution in [0.3, 0.4) is 0 Å². The molecular weight excluding hydrogens is 320 g/mol. The normalized spacial score (nSPS) is 12.2. The number of fused-ring (bicyclic) bond motifs is 1. The summed E-state index contributed by atoms with van der Waals surface area (Å²) in [4.78, 5) is 9.23. The van der Waals surface area contributed by atoms with E-state index in [4.69, 9.17) is 21.1 Å². The Morgan fingerprint density at radius 2 is 2.00 bits per heavy atom. The van der Waals surface area contributed by atoms with Crippen LogP contribution in [0.2, 0.25) is 5.02 Å². The molecule has 0 N–H and O–H groups in total. The SMILES string of the molecule is CCOC(OCC)c1ccncn1.Clc1ccc2c(c1)SC2. The Balaban J connectivity index is 0.000000170. The van der Waals surface area contributed by atoms with Gasteiger partial charge in [0.1, 0.15) is 6.33 Å². The Labute approximate surface area is 140 Å². The number of ether oxygens (including phenoxy) is 2. The molecule has 0 bridgehead atoms. The van der Waals surface area contributed by atoms with Crippen LogP contribution in [0.4, 0.5) is 0 Å². The average molecular weight is 339 g/mol. The Bertz CT molecular complexity index is 578. The van der Waals surface area contributed by atoms with Gasteiger partial charge in [-0.05, 0) is 37.6 Å². The number of halogens is 1. The zero-order chi connectivity index (χ0) is 15.8. The van der Waals surface area contributed by atoms with Gasteiger partial charge < -0.3 is 9.47 Å². The number of hydrogen-bond acceptors (Lipinski definition) is 5. The molecule has 4 nitrogen and oxygen atoms in total. The van der Waals surface area contributed by atoms with E-state index in [1.54, 1.807) is 12.3 Å². The Morgan fingerprint density at radius 3 is 2.45 bits per heavy atom. The zero-order valence-electron chi connectivity index (χ0n) is 12.7. The second kappa shape index (κ2) is 9.10. The topological polar surface area (TPSA) is 44.2 Å². The van der Waals surface area contributed by atoms with Gasteiger partial charge in [-0.3, -0.25) is 0 Å². The molecule has 1 aliphatic heterocycles. The van der Waals surface area contributed by atoms with Gasteiger partial charge in [0.15, 0.2) is 0 Å². The molecule has 2 aromatic rings. The fourth-order valence-electron chi connectivity index (χ4n) is 1.82. The van der Waals surface area contributed by atoms with Crippen LogP contribution < -0.4 is 0 Å². The molecule has 0 saturated heterocycles. The lowest BCUT2D eigenvalue weighted by Crippen LogP contribution is -2.10. The molecule has 0 spiro atoms. The second-order valence-corrected chi connectivity index (χ2v) is 5.87. The van der Waals surface area contributed by atoms with Crippen molar-refractivity contribution in [1.29, 1.82) is 0 Å². The van der Waals surface area contributed by atoms with Crippen molar-refractivity contribution in [3.8, 4) is 0 Å². The maximum Gasteiger partial charge on any atom is 0.201 e. The molecule has 118 valence electrons. The van der Waals surface area contributed by atoms with Crippen molar-refractivity contribution in [2.75, 3.05) is 13.2 Å². The molecule has 0 radical (unpaired) electrons. The molecule has 0 saturated carbocycles. The van der Waals surface area contributed by atoms with E-state index in [-0.39, 0.29) is 6.29 Å². The molecule has 6 heteroatoms. The molecule has 2 heterocycles. The van der Waals surface area contributed by atoms with Gasteiger partial charge in [0, 0.05) is 35.1 Å². The summed E-state index contributed by atoms with van der Waals surface area (Å²) in [7, 11) is 0. The highest BCUT2D eigenvalue weighted by molar-refractivity contribution is 8.00. The summed E-state index contributed by atoms with van der Waals surface area (Å²) in [5.41, 5.74) is 2.20. The summed E-state index contributed by atoms with van der Waals surface area (Å²) in [6, 6.07) is 7.84. The standard InChI is InChI=1S/C9H14N2O2.C7H5ClS/c1-3-12-9(13-4-2)8-5-6-10-7-11-8;8-6-2-1-5-4-9-7(5)3-6/h5-7,9H,3-4H2,1-2H3;1-3H,4H2. The zero-order valence-corrected chi connectivity index (χ0v) is 14.2. The van der Waals surface area contributed by atoms with E-state index in [9.17, 15) is 0 Å². The monoisotopic (exact) mass is 338 g/mol. The predicted octanol–water partition coefficient (Wildman–Crippen LogP) is 4.49. The summed E-state index contributed by atoms with van der Waals surface area (Å²) >= 11 is 7.60. The number of nitrogens with zero attached hydrogens (tertiary/aromatic N) is 2. The van der Waals surface area contributed by atoms with E-state index < -0.39 is 0 Å². The second-order valence-electron chi connectivity index (χ2n) is 4.42. The highest BCUT2D eigenvalue weighted by Crippen LogP contribution is 2.38. The number of hydrogen-bond donors (Lipinski definition) is 0. The number of benzene rings is 1.